The molecule has 3 aromatic rings. The zero-order chi connectivity index (χ0) is 26.6. The molecule has 1 amide bonds. The van der Waals surface area contributed by atoms with Crippen molar-refractivity contribution < 1.29 is 28.6 Å². The van der Waals surface area contributed by atoms with E-state index < -0.39 is 23.9 Å². The van der Waals surface area contributed by atoms with Crippen LogP contribution in [-0.2, 0) is 21.3 Å². The van der Waals surface area contributed by atoms with Gasteiger partial charge in [0, 0.05) is 12.1 Å². The van der Waals surface area contributed by atoms with Gasteiger partial charge in [-0.1, -0.05) is 23.4 Å². The van der Waals surface area contributed by atoms with Crippen LogP contribution >= 0.6 is 34.7 Å². The number of anilines is 1. The third-order valence-electron chi connectivity index (χ3n) is 5.17. The maximum absolute atomic E-state index is 12.7. The van der Waals surface area contributed by atoms with E-state index in [9.17, 15) is 14.4 Å². The third kappa shape index (κ3) is 6.00. The Balaban J connectivity index is 1.69. The summed E-state index contributed by atoms with van der Waals surface area (Å²) in [5.41, 5.74) is 1.39. The first kappa shape index (κ1) is 27.5. The monoisotopic (exact) mass is 552 g/mol. The van der Waals surface area contributed by atoms with Crippen molar-refractivity contribution in [3.05, 3.63) is 50.6 Å². The SMILES string of the molecule is COC(=O)c1sc(NC(=O)CSc2nnc(C(C)Oc3ccc(Cl)cc3C)n2C)c(C(=O)OC)c1C. The van der Waals surface area contributed by atoms with E-state index in [2.05, 4.69) is 15.5 Å². The Labute approximate surface area is 221 Å². The Hall–Kier alpha value is -3.09. The van der Waals surface area contributed by atoms with Gasteiger partial charge in [0.25, 0.3) is 0 Å². The number of rotatable bonds is 9. The number of nitrogens with one attached hydrogen (secondary N) is 1. The molecule has 0 aliphatic heterocycles. The summed E-state index contributed by atoms with van der Waals surface area (Å²) in [7, 11) is 4.25. The largest absolute Gasteiger partial charge is 0.482 e. The van der Waals surface area contributed by atoms with Crippen LogP contribution in [0.5, 0.6) is 5.75 Å². The molecule has 2 heterocycles. The predicted octanol–water partition coefficient (Wildman–Crippen LogP) is 4.59. The molecule has 3 rings (SSSR count). The van der Waals surface area contributed by atoms with Crippen molar-refractivity contribution in [1.29, 1.82) is 0 Å². The highest BCUT2D eigenvalue weighted by atomic mass is 35.5. The van der Waals surface area contributed by atoms with E-state index in [4.69, 9.17) is 25.8 Å². The lowest BCUT2D eigenvalue weighted by molar-refractivity contribution is -0.113. The Morgan fingerprint density at radius 3 is 2.50 bits per heavy atom. The molecule has 0 saturated heterocycles. The molecule has 0 aliphatic rings. The van der Waals surface area contributed by atoms with Gasteiger partial charge in [0.15, 0.2) is 17.1 Å². The van der Waals surface area contributed by atoms with Crippen LogP contribution in [0.15, 0.2) is 23.4 Å². The molecule has 1 atom stereocenters. The van der Waals surface area contributed by atoms with Crippen molar-refractivity contribution >= 4 is 57.5 Å². The first-order valence-corrected chi connectivity index (χ1v) is 12.8. The fourth-order valence-corrected chi connectivity index (χ4v) is 5.40. The molecule has 0 saturated carbocycles. The molecule has 1 unspecified atom stereocenters. The molecular formula is C23H25ClN4O6S2. The zero-order valence-corrected chi connectivity index (χ0v) is 22.9. The smallest absolute Gasteiger partial charge is 0.348 e. The Kier molecular flexibility index (Phi) is 8.98. The molecule has 0 aliphatic carbocycles. The lowest BCUT2D eigenvalue weighted by Gasteiger charge is -2.16. The summed E-state index contributed by atoms with van der Waals surface area (Å²) in [6.07, 6.45) is -0.404. The highest BCUT2D eigenvalue weighted by Crippen LogP contribution is 2.34. The summed E-state index contributed by atoms with van der Waals surface area (Å²) in [5, 5.41) is 12.4. The first-order chi connectivity index (χ1) is 17.1. The minimum Gasteiger partial charge on any atom is -0.482 e. The maximum atomic E-state index is 12.7. The van der Waals surface area contributed by atoms with Crippen molar-refractivity contribution in [1.82, 2.24) is 14.8 Å². The van der Waals surface area contributed by atoms with Gasteiger partial charge in [0.2, 0.25) is 5.91 Å². The number of aromatic nitrogens is 3. The second kappa shape index (κ2) is 11.8. The van der Waals surface area contributed by atoms with Crippen molar-refractivity contribution in [3.8, 4) is 5.75 Å². The summed E-state index contributed by atoms with van der Waals surface area (Å²) < 4.78 is 17.3. The standard InChI is InChI=1S/C23H25ClN4O6S2/c1-11-9-14(24)7-8-15(11)34-13(3)19-26-27-23(28(19)4)35-10-16(29)25-20-17(21(30)32-5)12(2)18(36-20)22(31)33-6/h7-9,13H,10H2,1-6H3,(H,25,29). The molecule has 36 heavy (non-hydrogen) atoms. The first-order valence-electron chi connectivity index (χ1n) is 10.6. The third-order valence-corrected chi connectivity index (χ3v) is 7.61. The van der Waals surface area contributed by atoms with Crippen LogP contribution in [0.4, 0.5) is 5.00 Å². The molecular weight excluding hydrogens is 528 g/mol. The number of thiophene rings is 1. The van der Waals surface area contributed by atoms with Gasteiger partial charge in [-0.2, -0.15) is 0 Å². The number of thioether (sulfide) groups is 1. The topological polar surface area (TPSA) is 122 Å². The molecule has 0 spiro atoms. The van der Waals surface area contributed by atoms with Gasteiger partial charge >= 0.3 is 11.9 Å². The van der Waals surface area contributed by atoms with Crippen LogP contribution in [0.25, 0.3) is 0 Å². The number of halogens is 1. The van der Waals surface area contributed by atoms with Crippen LogP contribution in [0, 0.1) is 13.8 Å². The number of ether oxygens (including phenoxy) is 3. The van der Waals surface area contributed by atoms with E-state index in [1.807, 2.05) is 19.9 Å². The summed E-state index contributed by atoms with van der Waals surface area (Å²) in [6.45, 7) is 5.35. The molecule has 1 N–H and O–H groups in total. The normalized spacial score (nSPS) is 11.6. The fourth-order valence-electron chi connectivity index (χ4n) is 3.32. The minimum absolute atomic E-state index is 0.0113. The van der Waals surface area contributed by atoms with E-state index in [-0.39, 0.29) is 21.2 Å². The van der Waals surface area contributed by atoms with Crippen molar-refractivity contribution in [3.63, 3.8) is 0 Å². The molecule has 0 radical (unpaired) electrons. The molecule has 10 nitrogen and oxygen atoms in total. The van der Waals surface area contributed by atoms with Gasteiger partial charge in [0.1, 0.15) is 15.6 Å². The number of methoxy groups -OCH3 is 2. The highest BCUT2D eigenvalue weighted by molar-refractivity contribution is 7.99. The molecule has 192 valence electrons. The minimum atomic E-state index is -0.662. The number of carbonyl (C=O) groups is 3. The highest BCUT2D eigenvalue weighted by Gasteiger charge is 2.27. The summed E-state index contributed by atoms with van der Waals surface area (Å²) in [6, 6.07) is 5.36. The predicted molar refractivity (Wildman–Crippen MR) is 137 cm³/mol. The fraction of sp³-hybridized carbons (Fsp3) is 0.348. The number of nitrogens with zero attached hydrogens (tertiary/aromatic N) is 3. The van der Waals surface area contributed by atoms with Crippen LogP contribution in [0.1, 0.15) is 50.0 Å². The number of hydrogen-bond acceptors (Lipinski definition) is 10. The van der Waals surface area contributed by atoms with Gasteiger partial charge in [-0.15, -0.1) is 21.5 Å². The van der Waals surface area contributed by atoms with Crippen LogP contribution in [0.3, 0.4) is 0 Å². The van der Waals surface area contributed by atoms with Gasteiger partial charge in [-0.05, 0) is 50.1 Å². The Morgan fingerprint density at radius 2 is 1.86 bits per heavy atom. The number of carbonyl (C=O) groups excluding carboxylic acids is 3. The van der Waals surface area contributed by atoms with E-state index in [1.165, 1.54) is 26.0 Å². The molecule has 2 aromatic heterocycles. The van der Waals surface area contributed by atoms with Crippen LogP contribution in [0.2, 0.25) is 5.02 Å². The molecule has 0 fully saturated rings. The van der Waals surface area contributed by atoms with Crippen molar-refractivity contribution in [2.45, 2.75) is 32.0 Å². The van der Waals surface area contributed by atoms with E-state index >= 15 is 0 Å². The molecule has 13 heteroatoms. The van der Waals surface area contributed by atoms with E-state index in [0.717, 1.165) is 16.9 Å². The van der Waals surface area contributed by atoms with Crippen LogP contribution in [-0.4, -0.2) is 52.6 Å². The van der Waals surface area contributed by atoms with Crippen LogP contribution < -0.4 is 10.1 Å². The average molecular weight is 553 g/mol. The Morgan fingerprint density at radius 1 is 1.17 bits per heavy atom. The maximum Gasteiger partial charge on any atom is 0.348 e. The quantitative estimate of drug-likeness (QED) is 0.300. The second-order valence-corrected chi connectivity index (χ2v) is 10.0. The number of benzene rings is 1. The molecule has 0 bridgehead atoms. The zero-order valence-electron chi connectivity index (χ0n) is 20.5. The number of amides is 1. The lowest BCUT2D eigenvalue weighted by atomic mass is 10.1. The van der Waals surface area contributed by atoms with Gasteiger partial charge < -0.3 is 24.1 Å². The summed E-state index contributed by atoms with van der Waals surface area (Å²) in [5.74, 6) is -0.408. The van der Waals surface area contributed by atoms with Crippen molar-refractivity contribution in [2.75, 3.05) is 25.3 Å². The van der Waals surface area contributed by atoms with Gasteiger partial charge in [-0.3, -0.25) is 4.79 Å². The molecule has 1 aromatic carbocycles. The van der Waals surface area contributed by atoms with Gasteiger partial charge in [-0.25, -0.2) is 9.59 Å². The van der Waals surface area contributed by atoms with E-state index in [0.29, 0.717) is 27.3 Å². The second-order valence-electron chi connectivity index (χ2n) is 7.65. The summed E-state index contributed by atoms with van der Waals surface area (Å²) >= 11 is 8.13. The lowest BCUT2D eigenvalue weighted by Crippen LogP contribution is -2.16. The number of hydrogen-bond donors (Lipinski definition) is 1. The van der Waals surface area contributed by atoms with Gasteiger partial charge in [0.05, 0.1) is 25.5 Å². The van der Waals surface area contributed by atoms with E-state index in [1.54, 1.807) is 30.7 Å². The Bertz CT molecular complexity index is 1310. The number of esters is 2. The number of aryl methyl sites for hydroxylation is 1. The van der Waals surface area contributed by atoms with Crippen molar-refractivity contribution in [2.24, 2.45) is 7.05 Å². The summed E-state index contributed by atoms with van der Waals surface area (Å²) in [4.78, 5) is 37.2. The average Bonchev–Trinajstić information content (AvgIpc) is 3.37.